The highest BCUT2D eigenvalue weighted by atomic mass is 16.5. The Kier molecular flexibility index (Phi) is 4.25. The van der Waals surface area contributed by atoms with Crippen LogP contribution in [0.2, 0.25) is 0 Å². The number of aryl methyl sites for hydroxylation is 1. The standard InChI is InChI=1S/C16H18N2O2/c1-11-7-3-5-9-13(11)18-15(16(17)19)12-8-4-6-10-14(12)20-2/h3-10,15,18H,1-2H3,(H2,17,19). The van der Waals surface area contributed by atoms with E-state index < -0.39 is 11.9 Å². The molecule has 2 aromatic rings. The number of hydrogen-bond acceptors (Lipinski definition) is 3. The van der Waals surface area contributed by atoms with Crippen molar-refractivity contribution in [1.82, 2.24) is 0 Å². The molecule has 0 aromatic heterocycles. The summed E-state index contributed by atoms with van der Waals surface area (Å²) in [6.07, 6.45) is 0. The number of hydrogen-bond donors (Lipinski definition) is 2. The number of amides is 1. The third-order valence-corrected chi connectivity index (χ3v) is 3.18. The lowest BCUT2D eigenvalue weighted by molar-refractivity contribution is -0.118. The molecule has 104 valence electrons. The van der Waals surface area contributed by atoms with E-state index >= 15 is 0 Å². The number of nitrogens with two attached hydrogens (primary N) is 1. The summed E-state index contributed by atoms with van der Waals surface area (Å²) in [5.41, 5.74) is 8.19. The predicted octanol–water partition coefficient (Wildman–Crippen LogP) is 2.64. The number of benzene rings is 2. The molecule has 0 radical (unpaired) electrons. The minimum atomic E-state index is -0.632. The zero-order valence-corrected chi connectivity index (χ0v) is 11.6. The highest BCUT2D eigenvalue weighted by molar-refractivity contribution is 5.85. The van der Waals surface area contributed by atoms with Crippen LogP contribution in [0.25, 0.3) is 0 Å². The molecule has 0 spiro atoms. The fraction of sp³-hybridized carbons (Fsp3) is 0.188. The van der Waals surface area contributed by atoms with Crippen LogP contribution >= 0.6 is 0 Å². The summed E-state index contributed by atoms with van der Waals surface area (Å²) >= 11 is 0. The second-order valence-electron chi connectivity index (χ2n) is 4.54. The Labute approximate surface area is 118 Å². The van der Waals surface area contributed by atoms with E-state index in [1.165, 1.54) is 0 Å². The van der Waals surface area contributed by atoms with Crippen LogP contribution in [0, 0.1) is 6.92 Å². The van der Waals surface area contributed by atoms with Crippen molar-refractivity contribution in [1.29, 1.82) is 0 Å². The molecule has 3 N–H and O–H groups in total. The number of rotatable bonds is 5. The Bertz CT molecular complexity index is 611. The lowest BCUT2D eigenvalue weighted by Gasteiger charge is -2.20. The van der Waals surface area contributed by atoms with Gasteiger partial charge in [-0.2, -0.15) is 0 Å². The fourth-order valence-electron chi connectivity index (χ4n) is 2.10. The average Bonchev–Trinajstić information content (AvgIpc) is 2.46. The van der Waals surface area contributed by atoms with Crippen molar-refractivity contribution < 1.29 is 9.53 Å². The minimum Gasteiger partial charge on any atom is -0.496 e. The van der Waals surface area contributed by atoms with Gasteiger partial charge in [-0.25, -0.2) is 0 Å². The van der Waals surface area contributed by atoms with E-state index in [9.17, 15) is 4.79 Å². The summed E-state index contributed by atoms with van der Waals surface area (Å²) in [6.45, 7) is 1.97. The Hall–Kier alpha value is -2.49. The minimum absolute atomic E-state index is 0.447. The first-order chi connectivity index (χ1) is 9.63. The van der Waals surface area contributed by atoms with Gasteiger partial charge in [-0.05, 0) is 24.6 Å². The number of carbonyl (C=O) groups is 1. The van der Waals surface area contributed by atoms with Crippen molar-refractivity contribution >= 4 is 11.6 Å². The monoisotopic (exact) mass is 270 g/mol. The Morgan fingerprint density at radius 1 is 1.15 bits per heavy atom. The lowest BCUT2D eigenvalue weighted by Crippen LogP contribution is -2.28. The molecule has 0 bridgehead atoms. The van der Waals surface area contributed by atoms with Crippen molar-refractivity contribution in [3.05, 3.63) is 59.7 Å². The molecule has 0 aliphatic carbocycles. The van der Waals surface area contributed by atoms with E-state index in [2.05, 4.69) is 5.32 Å². The number of carbonyl (C=O) groups excluding carboxylic acids is 1. The van der Waals surface area contributed by atoms with E-state index in [4.69, 9.17) is 10.5 Å². The van der Waals surface area contributed by atoms with Crippen LogP contribution in [0.5, 0.6) is 5.75 Å². The van der Waals surface area contributed by atoms with Crippen LogP contribution in [0.1, 0.15) is 17.2 Å². The summed E-state index contributed by atoms with van der Waals surface area (Å²) < 4.78 is 5.30. The zero-order chi connectivity index (χ0) is 14.5. The molecule has 0 saturated heterocycles. The molecule has 0 heterocycles. The largest absolute Gasteiger partial charge is 0.496 e. The molecular formula is C16H18N2O2. The van der Waals surface area contributed by atoms with Crippen molar-refractivity contribution in [3.8, 4) is 5.75 Å². The number of para-hydroxylation sites is 2. The van der Waals surface area contributed by atoms with Crippen LogP contribution in [0.15, 0.2) is 48.5 Å². The molecule has 1 unspecified atom stereocenters. The number of primary amides is 1. The third kappa shape index (κ3) is 2.91. The maximum absolute atomic E-state index is 11.8. The van der Waals surface area contributed by atoms with E-state index in [0.717, 1.165) is 16.8 Å². The SMILES string of the molecule is COc1ccccc1C(Nc1ccccc1C)C(N)=O. The molecule has 0 aliphatic rings. The molecule has 1 atom stereocenters. The van der Waals surface area contributed by atoms with E-state index in [1.807, 2.05) is 55.5 Å². The fourth-order valence-corrected chi connectivity index (χ4v) is 2.10. The average molecular weight is 270 g/mol. The zero-order valence-electron chi connectivity index (χ0n) is 11.6. The van der Waals surface area contributed by atoms with Crippen LogP contribution in [0.3, 0.4) is 0 Å². The summed E-state index contributed by atoms with van der Waals surface area (Å²) in [4.78, 5) is 11.8. The van der Waals surface area contributed by atoms with Gasteiger partial charge in [0, 0.05) is 11.3 Å². The first kappa shape index (κ1) is 13.9. The molecule has 2 aromatic carbocycles. The maximum Gasteiger partial charge on any atom is 0.244 e. The molecule has 4 nitrogen and oxygen atoms in total. The molecular weight excluding hydrogens is 252 g/mol. The molecule has 1 amide bonds. The summed E-state index contributed by atoms with van der Waals surface area (Å²) in [6, 6.07) is 14.5. The van der Waals surface area contributed by atoms with E-state index in [0.29, 0.717) is 5.75 Å². The van der Waals surface area contributed by atoms with Gasteiger partial charge in [-0.15, -0.1) is 0 Å². The number of nitrogens with one attached hydrogen (secondary N) is 1. The Morgan fingerprint density at radius 3 is 2.45 bits per heavy atom. The van der Waals surface area contributed by atoms with Crippen LogP contribution in [-0.2, 0) is 4.79 Å². The van der Waals surface area contributed by atoms with Gasteiger partial charge in [-0.1, -0.05) is 36.4 Å². The van der Waals surface area contributed by atoms with Gasteiger partial charge in [0.25, 0.3) is 0 Å². The second-order valence-corrected chi connectivity index (χ2v) is 4.54. The molecule has 2 rings (SSSR count). The molecule has 4 heteroatoms. The lowest BCUT2D eigenvalue weighted by atomic mass is 10.0. The van der Waals surface area contributed by atoms with Gasteiger partial charge < -0.3 is 15.8 Å². The van der Waals surface area contributed by atoms with Crippen molar-refractivity contribution in [2.75, 3.05) is 12.4 Å². The van der Waals surface area contributed by atoms with Gasteiger partial charge >= 0.3 is 0 Å². The Balaban J connectivity index is 2.37. The molecule has 20 heavy (non-hydrogen) atoms. The van der Waals surface area contributed by atoms with E-state index in [-0.39, 0.29) is 0 Å². The highest BCUT2D eigenvalue weighted by Gasteiger charge is 2.21. The van der Waals surface area contributed by atoms with Crippen molar-refractivity contribution in [2.24, 2.45) is 5.73 Å². The predicted molar refractivity (Wildman–Crippen MR) is 79.7 cm³/mol. The Morgan fingerprint density at radius 2 is 1.80 bits per heavy atom. The molecule has 0 saturated carbocycles. The van der Waals surface area contributed by atoms with Gasteiger partial charge in [-0.3, -0.25) is 4.79 Å². The summed E-state index contributed by atoms with van der Waals surface area (Å²) in [5, 5.41) is 3.18. The first-order valence-electron chi connectivity index (χ1n) is 6.38. The quantitative estimate of drug-likeness (QED) is 0.877. The van der Waals surface area contributed by atoms with Gasteiger partial charge in [0.1, 0.15) is 11.8 Å². The molecule has 0 aliphatic heterocycles. The number of methoxy groups -OCH3 is 1. The van der Waals surface area contributed by atoms with Crippen LogP contribution in [-0.4, -0.2) is 13.0 Å². The van der Waals surface area contributed by atoms with Crippen LogP contribution in [0.4, 0.5) is 5.69 Å². The normalized spacial score (nSPS) is 11.7. The van der Waals surface area contributed by atoms with Crippen molar-refractivity contribution in [3.63, 3.8) is 0 Å². The number of ether oxygens (including phenoxy) is 1. The summed E-state index contributed by atoms with van der Waals surface area (Å²) in [7, 11) is 1.57. The summed E-state index contributed by atoms with van der Waals surface area (Å²) in [5.74, 6) is 0.190. The van der Waals surface area contributed by atoms with Gasteiger partial charge in [0.05, 0.1) is 7.11 Å². The van der Waals surface area contributed by atoms with E-state index in [1.54, 1.807) is 7.11 Å². The molecule has 0 fully saturated rings. The third-order valence-electron chi connectivity index (χ3n) is 3.18. The first-order valence-corrected chi connectivity index (χ1v) is 6.38. The van der Waals surface area contributed by atoms with Gasteiger partial charge in [0.2, 0.25) is 5.91 Å². The maximum atomic E-state index is 11.8. The van der Waals surface area contributed by atoms with Gasteiger partial charge in [0.15, 0.2) is 0 Å². The van der Waals surface area contributed by atoms with Crippen LogP contribution < -0.4 is 15.8 Å². The smallest absolute Gasteiger partial charge is 0.244 e. The highest BCUT2D eigenvalue weighted by Crippen LogP contribution is 2.28. The topological polar surface area (TPSA) is 64.3 Å². The van der Waals surface area contributed by atoms with Crippen molar-refractivity contribution in [2.45, 2.75) is 13.0 Å². The number of anilines is 1. The second kappa shape index (κ2) is 6.10.